The Morgan fingerprint density at radius 3 is 1.24 bits per heavy atom. The van der Waals surface area contributed by atoms with Gasteiger partial charge in [-0.3, -0.25) is 9.59 Å². The van der Waals surface area contributed by atoms with Crippen LogP contribution in [0.4, 0.5) is 0 Å². The number of carbonyl (C=O) groups excluding carboxylic acids is 2. The highest BCUT2D eigenvalue weighted by molar-refractivity contribution is 7.00. The van der Waals surface area contributed by atoms with Gasteiger partial charge in [0.2, 0.25) is 0 Å². The van der Waals surface area contributed by atoms with E-state index in [1.54, 1.807) is 24.3 Å². The lowest BCUT2D eigenvalue weighted by molar-refractivity contribution is 0.107. The fraction of sp³-hybridized carbons (Fsp3) is 0.125. The number of rotatable bonds is 4. The topological polar surface area (TPSA) is 34.1 Å². The second-order valence-corrected chi connectivity index (χ2v) is 10.4. The molecule has 0 heterocycles. The quantitative estimate of drug-likeness (QED) is 0.634. The zero-order chi connectivity index (χ0) is 15.6. The van der Waals surface area contributed by atoms with E-state index in [0.717, 1.165) is 0 Å². The first-order valence-corrected chi connectivity index (χ1v) is 10.2. The van der Waals surface area contributed by atoms with Gasteiger partial charge in [0.05, 0.1) is 0 Å². The lowest BCUT2D eigenvalue weighted by Crippen LogP contribution is -2.52. The average molecular weight is 337 g/mol. The van der Waals surface area contributed by atoms with Crippen molar-refractivity contribution in [1.29, 1.82) is 0 Å². The molecule has 0 bridgehead atoms. The molecular formula is C16H14Cl2O2Si. The van der Waals surface area contributed by atoms with Gasteiger partial charge in [-0.15, -0.1) is 0 Å². The Morgan fingerprint density at radius 1 is 0.714 bits per heavy atom. The normalized spacial score (nSPS) is 11.2. The van der Waals surface area contributed by atoms with Gasteiger partial charge in [-0.25, -0.2) is 0 Å². The summed E-state index contributed by atoms with van der Waals surface area (Å²) in [5.41, 5.74) is 0.988. The highest BCUT2D eigenvalue weighted by Gasteiger charge is 2.26. The van der Waals surface area contributed by atoms with Crippen molar-refractivity contribution in [2.24, 2.45) is 0 Å². The molecule has 0 saturated heterocycles. The van der Waals surface area contributed by atoms with E-state index in [1.165, 1.54) is 10.4 Å². The van der Waals surface area contributed by atoms with Gasteiger partial charge < -0.3 is 0 Å². The summed E-state index contributed by atoms with van der Waals surface area (Å²) in [7, 11) is -1.88. The summed E-state index contributed by atoms with van der Waals surface area (Å²) < 4.78 is 0. The maximum Gasteiger partial charge on any atom is 0.252 e. The van der Waals surface area contributed by atoms with Gasteiger partial charge >= 0.3 is 0 Å². The molecule has 0 atom stereocenters. The number of halogens is 2. The van der Waals surface area contributed by atoms with Crippen molar-refractivity contribution in [2.45, 2.75) is 13.1 Å². The molecule has 2 rings (SSSR count). The van der Waals surface area contributed by atoms with Crippen LogP contribution in [0.1, 0.15) is 20.7 Å². The third-order valence-electron chi connectivity index (χ3n) is 3.67. The molecule has 108 valence electrons. The number of hydrogen-bond acceptors (Lipinski definition) is 2. The molecule has 2 nitrogen and oxygen atoms in total. The lowest BCUT2D eigenvalue weighted by Gasteiger charge is -2.24. The molecule has 2 aromatic carbocycles. The first-order chi connectivity index (χ1) is 9.82. The van der Waals surface area contributed by atoms with Crippen molar-refractivity contribution in [3.05, 3.63) is 59.7 Å². The molecule has 0 spiro atoms. The second-order valence-electron chi connectivity index (χ2n) is 5.33. The molecule has 0 amide bonds. The summed E-state index contributed by atoms with van der Waals surface area (Å²) >= 11 is 10.9. The minimum Gasteiger partial charge on any atom is -0.276 e. The van der Waals surface area contributed by atoms with E-state index in [0.29, 0.717) is 11.1 Å². The molecule has 0 aliphatic heterocycles. The zero-order valence-electron chi connectivity index (χ0n) is 11.7. The van der Waals surface area contributed by atoms with Crippen LogP contribution in [0.2, 0.25) is 13.1 Å². The smallest absolute Gasteiger partial charge is 0.252 e. The molecule has 5 heteroatoms. The van der Waals surface area contributed by atoms with Crippen molar-refractivity contribution in [3.63, 3.8) is 0 Å². The largest absolute Gasteiger partial charge is 0.276 e. The van der Waals surface area contributed by atoms with E-state index >= 15 is 0 Å². The van der Waals surface area contributed by atoms with Gasteiger partial charge in [-0.1, -0.05) is 72.0 Å². The van der Waals surface area contributed by atoms with Gasteiger partial charge in [0.1, 0.15) is 8.07 Å². The van der Waals surface area contributed by atoms with Gasteiger partial charge in [0, 0.05) is 11.1 Å². The van der Waals surface area contributed by atoms with E-state index in [-0.39, 0.29) is 0 Å². The summed E-state index contributed by atoms with van der Waals surface area (Å²) in [4.78, 5) is 22.2. The molecule has 0 saturated carbocycles. The van der Waals surface area contributed by atoms with Gasteiger partial charge in [0.25, 0.3) is 10.5 Å². The van der Waals surface area contributed by atoms with Crippen LogP contribution >= 0.6 is 23.2 Å². The van der Waals surface area contributed by atoms with Crippen molar-refractivity contribution >= 4 is 52.1 Å². The molecule has 21 heavy (non-hydrogen) atoms. The van der Waals surface area contributed by atoms with E-state index < -0.39 is 18.6 Å². The molecule has 0 aliphatic rings. The van der Waals surface area contributed by atoms with Crippen molar-refractivity contribution in [3.8, 4) is 0 Å². The predicted molar refractivity (Wildman–Crippen MR) is 90.0 cm³/mol. The SMILES string of the molecule is C[Si](C)(c1ccc(C(=O)Cl)cc1)c1ccc(C(=O)Cl)cc1. The predicted octanol–water partition coefficient (Wildman–Crippen LogP) is 3.27. The van der Waals surface area contributed by atoms with E-state index in [4.69, 9.17) is 23.2 Å². The molecule has 0 aliphatic carbocycles. The number of benzene rings is 2. The van der Waals surface area contributed by atoms with Gasteiger partial charge in [-0.2, -0.15) is 0 Å². The maximum absolute atomic E-state index is 11.1. The fourth-order valence-corrected chi connectivity index (χ4v) is 4.79. The minimum atomic E-state index is -1.88. The third kappa shape index (κ3) is 3.43. The Bertz CT molecular complexity index is 617. The average Bonchev–Trinajstić information content (AvgIpc) is 2.47. The van der Waals surface area contributed by atoms with Crippen LogP contribution in [0.3, 0.4) is 0 Å². The van der Waals surface area contributed by atoms with E-state index in [9.17, 15) is 9.59 Å². The van der Waals surface area contributed by atoms with Crippen LogP contribution < -0.4 is 10.4 Å². The van der Waals surface area contributed by atoms with Crippen LogP contribution in [0.5, 0.6) is 0 Å². The van der Waals surface area contributed by atoms with Crippen molar-refractivity contribution in [2.75, 3.05) is 0 Å². The standard InChI is InChI=1S/C16H14Cl2O2Si/c1-21(2,13-7-3-11(4-8-13)15(17)19)14-9-5-12(6-10-14)16(18)20/h3-10H,1-2H3. The Hall–Kier alpha value is -1.42. The van der Waals surface area contributed by atoms with Crippen LogP contribution in [-0.4, -0.2) is 18.6 Å². The highest BCUT2D eigenvalue weighted by Crippen LogP contribution is 2.10. The molecule has 2 aromatic rings. The first-order valence-electron chi connectivity index (χ1n) is 6.43. The Balaban J connectivity index is 2.36. The van der Waals surface area contributed by atoms with E-state index in [1.807, 2.05) is 24.3 Å². The summed E-state index contributed by atoms with van der Waals surface area (Å²) in [6.45, 7) is 4.42. The summed E-state index contributed by atoms with van der Waals surface area (Å²) in [6, 6.07) is 14.8. The maximum atomic E-state index is 11.1. The lowest BCUT2D eigenvalue weighted by atomic mass is 10.2. The monoisotopic (exact) mass is 336 g/mol. The summed E-state index contributed by atoms with van der Waals surface area (Å²) in [5.74, 6) is 0. The summed E-state index contributed by atoms with van der Waals surface area (Å²) in [5, 5.41) is 1.47. The number of carbonyl (C=O) groups is 2. The second kappa shape index (κ2) is 6.14. The van der Waals surface area contributed by atoms with Crippen molar-refractivity contribution in [1.82, 2.24) is 0 Å². The van der Waals surface area contributed by atoms with Crippen LogP contribution in [0.15, 0.2) is 48.5 Å². The van der Waals surface area contributed by atoms with Crippen LogP contribution in [-0.2, 0) is 0 Å². The van der Waals surface area contributed by atoms with Crippen molar-refractivity contribution < 1.29 is 9.59 Å². The zero-order valence-corrected chi connectivity index (χ0v) is 14.2. The first kappa shape index (κ1) is 16.0. The number of hydrogen-bond donors (Lipinski definition) is 0. The Morgan fingerprint density at radius 2 is 1.00 bits per heavy atom. The molecule has 0 unspecified atom stereocenters. The molecule has 0 N–H and O–H groups in total. The third-order valence-corrected chi connectivity index (χ3v) is 7.66. The minimum absolute atomic E-state index is 0.453. The molecule has 0 aromatic heterocycles. The van der Waals surface area contributed by atoms with Gasteiger partial charge in [-0.05, 0) is 23.2 Å². The van der Waals surface area contributed by atoms with Crippen LogP contribution in [0, 0.1) is 0 Å². The summed E-state index contributed by atoms with van der Waals surface area (Å²) in [6.07, 6.45) is 0. The molecular weight excluding hydrogens is 323 g/mol. The van der Waals surface area contributed by atoms with E-state index in [2.05, 4.69) is 13.1 Å². The fourth-order valence-electron chi connectivity index (χ4n) is 2.20. The van der Waals surface area contributed by atoms with Gasteiger partial charge in [0.15, 0.2) is 0 Å². The Kier molecular flexibility index (Phi) is 4.66. The highest BCUT2D eigenvalue weighted by atomic mass is 35.5. The molecule has 0 fully saturated rings. The molecule has 0 radical (unpaired) electrons. The van der Waals surface area contributed by atoms with Crippen LogP contribution in [0.25, 0.3) is 0 Å². The Labute approximate surface area is 134 Å².